The molecule has 0 bridgehead atoms. The van der Waals surface area contributed by atoms with E-state index in [9.17, 15) is 9.90 Å². The van der Waals surface area contributed by atoms with Crippen LogP contribution < -0.4 is 0 Å². The fraction of sp³-hybridized carbons (Fsp3) is 0.500. The Morgan fingerprint density at radius 3 is 2.67 bits per heavy atom. The van der Waals surface area contributed by atoms with E-state index in [2.05, 4.69) is 10.1 Å². The second-order valence-electron chi connectivity index (χ2n) is 6.36. The molecule has 1 saturated carbocycles. The molecule has 0 radical (unpaired) electrons. The molecule has 3 rings (SSSR count). The van der Waals surface area contributed by atoms with Gasteiger partial charge in [0.2, 0.25) is 0 Å². The molecule has 6 heteroatoms. The molecular weight excluding hydrogens is 306 g/mol. The summed E-state index contributed by atoms with van der Waals surface area (Å²) in [6, 6.07) is 5.79. The van der Waals surface area contributed by atoms with E-state index in [1.165, 1.54) is 0 Å². The van der Waals surface area contributed by atoms with Crippen molar-refractivity contribution in [3.63, 3.8) is 0 Å². The zero-order chi connectivity index (χ0) is 17.0. The molecule has 0 spiro atoms. The minimum Gasteiger partial charge on any atom is -0.466 e. The Morgan fingerprint density at radius 2 is 2.00 bits per heavy atom. The fourth-order valence-electron chi connectivity index (χ4n) is 3.31. The smallest absolute Gasteiger partial charge is 0.308 e. The van der Waals surface area contributed by atoms with Crippen molar-refractivity contribution in [3.05, 3.63) is 36.8 Å². The number of rotatable bonds is 5. The Balaban J connectivity index is 1.67. The number of carbonyl (C=O) groups excluding carboxylic acids is 1. The van der Waals surface area contributed by atoms with Crippen LogP contribution >= 0.6 is 0 Å². The van der Waals surface area contributed by atoms with Gasteiger partial charge in [0.15, 0.2) is 0 Å². The number of ether oxygens (including phenoxy) is 1. The van der Waals surface area contributed by atoms with Gasteiger partial charge in [-0.1, -0.05) is 0 Å². The average Bonchev–Trinajstić information content (AvgIpc) is 3.04. The largest absolute Gasteiger partial charge is 0.466 e. The van der Waals surface area contributed by atoms with Crippen molar-refractivity contribution in [2.75, 3.05) is 6.61 Å². The highest BCUT2D eigenvalue weighted by atomic mass is 16.5. The number of carbonyl (C=O) groups is 1. The van der Waals surface area contributed by atoms with Gasteiger partial charge in [0, 0.05) is 24.2 Å². The maximum Gasteiger partial charge on any atom is 0.308 e. The van der Waals surface area contributed by atoms with Gasteiger partial charge in [-0.3, -0.25) is 14.5 Å². The van der Waals surface area contributed by atoms with Crippen molar-refractivity contribution in [3.8, 4) is 11.3 Å². The molecule has 0 unspecified atom stereocenters. The van der Waals surface area contributed by atoms with Gasteiger partial charge in [-0.05, 0) is 50.8 Å². The Labute approximate surface area is 141 Å². The minimum absolute atomic E-state index is 0.0949. The molecule has 0 aliphatic heterocycles. The van der Waals surface area contributed by atoms with E-state index in [-0.39, 0.29) is 11.9 Å². The van der Waals surface area contributed by atoms with Gasteiger partial charge in [-0.25, -0.2) is 0 Å². The van der Waals surface area contributed by atoms with Crippen molar-refractivity contribution >= 4 is 5.97 Å². The van der Waals surface area contributed by atoms with E-state index in [1.54, 1.807) is 18.6 Å². The fourth-order valence-corrected chi connectivity index (χ4v) is 3.31. The number of aliphatic hydroxyl groups is 1. The number of hydrogen-bond acceptors (Lipinski definition) is 5. The molecule has 1 aliphatic carbocycles. The predicted molar refractivity (Wildman–Crippen MR) is 89.0 cm³/mol. The summed E-state index contributed by atoms with van der Waals surface area (Å²) >= 11 is 0. The number of aromatic nitrogens is 3. The predicted octanol–water partition coefficient (Wildman–Crippen LogP) is 2.43. The van der Waals surface area contributed by atoms with Crippen LogP contribution in [-0.2, 0) is 16.1 Å². The van der Waals surface area contributed by atoms with E-state index in [0.29, 0.717) is 38.8 Å². The van der Waals surface area contributed by atoms with Crippen LogP contribution in [-0.4, -0.2) is 38.0 Å². The van der Waals surface area contributed by atoms with Gasteiger partial charge in [0.05, 0.1) is 30.4 Å². The molecule has 0 amide bonds. The van der Waals surface area contributed by atoms with Gasteiger partial charge < -0.3 is 9.84 Å². The van der Waals surface area contributed by atoms with E-state index in [4.69, 9.17) is 4.74 Å². The van der Waals surface area contributed by atoms with Gasteiger partial charge >= 0.3 is 5.97 Å². The zero-order valence-electron chi connectivity index (χ0n) is 13.9. The lowest BCUT2D eigenvalue weighted by Crippen LogP contribution is -2.40. The van der Waals surface area contributed by atoms with Crippen molar-refractivity contribution in [2.45, 2.75) is 44.8 Å². The highest BCUT2D eigenvalue weighted by Gasteiger charge is 2.37. The van der Waals surface area contributed by atoms with Gasteiger partial charge in [0.1, 0.15) is 0 Å². The van der Waals surface area contributed by atoms with Crippen LogP contribution in [0.4, 0.5) is 0 Å². The van der Waals surface area contributed by atoms with E-state index < -0.39 is 5.60 Å². The first-order valence-electron chi connectivity index (χ1n) is 8.42. The third-order valence-corrected chi connectivity index (χ3v) is 4.67. The highest BCUT2D eigenvalue weighted by Crippen LogP contribution is 2.34. The van der Waals surface area contributed by atoms with Gasteiger partial charge in [-0.15, -0.1) is 0 Å². The quantitative estimate of drug-likeness (QED) is 0.853. The van der Waals surface area contributed by atoms with Crippen LogP contribution in [0.5, 0.6) is 0 Å². The normalized spacial score (nSPS) is 23.8. The number of hydrogen-bond donors (Lipinski definition) is 1. The first-order valence-corrected chi connectivity index (χ1v) is 8.42. The van der Waals surface area contributed by atoms with Crippen molar-refractivity contribution in [1.29, 1.82) is 0 Å². The van der Waals surface area contributed by atoms with Crippen LogP contribution in [0, 0.1) is 5.92 Å². The molecule has 2 aromatic heterocycles. The van der Waals surface area contributed by atoms with E-state index >= 15 is 0 Å². The van der Waals surface area contributed by atoms with Crippen molar-refractivity contribution < 1.29 is 14.6 Å². The standard InChI is InChI=1S/C18H23N3O3/c1-2-24-17(22)15-3-8-18(23,9-4-15)13-21-16(7-12-20-21)14-5-10-19-11-6-14/h5-7,10-12,15,23H,2-4,8-9,13H2,1H3. The molecule has 0 saturated heterocycles. The first-order chi connectivity index (χ1) is 11.6. The van der Waals surface area contributed by atoms with Gasteiger partial charge in [0.25, 0.3) is 0 Å². The molecule has 1 fully saturated rings. The second kappa shape index (κ2) is 7.13. The Kier molecular flexibility index (Phi) is 4.94. The zero-order valence-corrected chi connectivity index (χ0v) is 13.9. The summed E-state index contributed by atoms with van der Waals surface area (Å²) < 4.78 is 6.92. The summed E-state index contributed by atoms with van der Waals surface area (Å²) in [4.78, 5) is 15.9. The van der Waals surface area contributed by atoms with E-state index in [1.807, 2.05) is 29.8 Å². The monoisotopic (exact) mass is 329 g/mol. The number of esters is 1. The van der Waals surface area contributed by atoms with E-state index in [0.717, 1.165) is 11.3 Å². The molecule has 2 heterocycles. The summed E-state index contributed by atoms with van der Waals surface area (Å²) in [5.41, 5.74) is 1.14. The molecule has 1 N–H and O–H groups in total. The molecule has 128 valence electrons. The van der Waals surface area contributed by atoms with Crippen molar-refractivity contribution in [1.82, 2.24) is 14.8 Å². The maximum atomic E-state index is 11.8. The van der Waals surface area contributed by atoms with Gasteiger partial charge in [-0.2, -0.15) is 5.10 Å². The third-order valence-electron chi connectivity index (χ3n) is 4.67. The van der Waals surface area contributed by atoms with Crippen LogP contribution in [0.1, 0.15) is 32.6 Å². The third kappa shape index (κ3) is 3.64. The summed E-state index contributed by atoms with van der Waals surface area (Å²) in [5.74, 6) is -0.237. The molecule has 0 atom stereocenters. The van der Waals surface area contributed by atoms with Crippen LogP contribution in [0.15, 0.2) is 36.8 Å². The Hall–Kier alpha value is -2.21. The lowest BCUT2D eigenvalue weighted by molar-refractivity contribution is -0.151. The number of pyridine rings is 1. The average molecular weight is 329 g/mol. The maximum absolute atomic E-state index is 11.8. The Bertz CT molecular complexity index is 676. The molecule has 2 aromatic rings. The van der Waals surface area contributed by atoms with Crippen LogP contribution in [0.2, 0.25) is 0 Å². The molecule has 1 aliphatic rings. The topological polar surface area (TPSA) is 77.2 Å². The lowest BCUT2D eigenvalue weighted by Gasteiger charge is -2.35. The Morgan fingerprint density at radius 1 is 1.29 bits per heavy atom. The first kappa shape index (κ1) is 16.6. The van der Waals surface area contributed by atoms with Crippen LogP contribution in [0.25, 0.3) is 11.3 Å². The molecule has 6 nitrogen and oxygen atoms in total. The highest BCUT2D eigenvalue weighted by molar-refractivity contribution is 5.72. The molecule has 0 aromatic carbocycles. The van der Waals surface area contributed by atoms with Crippen molar-refractivity contribution in [2.24, 2.45) is 5.92 Å². The summed E-state index contributed by atoms with van der Waals surface area (Å²) in [7, 11) is 0. The second-order valence-corrected chi connectivity index (χ2v) is 6.36. The summed E-state index contributed by atoms with van der Waals surface area (Å²) in [6.45, 7) is 2.64. The number of nitrogens with zero attached hydrogens (tertiary/aromatic N) is 3. The molecule has 24 heavy (non-hydrogen) atoms. The minimum atomic E-state index is -0.837. The molecular formula is C18H23N3O3. The van der Waals surface area contributed by atoms with Crippen LogP contribution in [0.3, 0.4) is 0 Å². The summed E-state index contributed by atoms with van der Waals surface area (Å²) in [6.07, 6.45) is 7.68. The summed E-state index contributed by atoms with van der Waals surface area (Å²) in [5, 5.41) is 15.3. The SMILES string of the molecule is CCOC(=O)C1CCC(O)(Cn2nccc2-c2ccncc2)CC1. The lowest BCUT2D eigenvalue weighted by atomic mass is 9.78.